The molecule has 0 saturated heterocycles. The van der Waals surface area contributed by atoms with Gasteiger partial charge in [0.05, 0.1) is 21.2 Å². The number of nitrogens with zero attached hydrogens (tertiary/aromatic N) is 6. The number of hydrogen-bond donors (Lipinski definition) is 2. The molecule has 0 aliphatic rings. The van der Waals surface area contributed by atoms with Crippen LogP contribution < -0.4 is 15.5 Å². The molecule has 50 heavy (non-hydrogen) atoms. The molecule has 18 nitrogen and oxygen atoms in total. The summed E-state index contributed by atoms with van der Waals surface area (Å²) in [5.41, 5.74) is 2.71. The van der Waals surface area contributed by atoms with Gasteiger partial charge in [0.25, 0.3) is 0 Å². The third-order valence-corrected chi connectivity index (χ3v) is 7.76. The predicted molar refractivity (Wildman–Crippen MR) is 186 cm³/mol. The van der Waals surface area contributed by atoms with Crippen LogP contribution in [0.3, 0.4) is 0 Å². The molecule has 0 atom stereocenters. The molecule has 5 rings (SSSR count). The minimum Gasteiger partial charge on any atom is -0.744 e. The van der Waals surface area contributed by atoms with Crippen LogP contribution in [0.2, 0.25) is 0 Å². The van der Waals surface area contributed by atoms with E-state index in [1.165, 1.54) is 48.5 Å². The molecule has 0 aliphatic heterocycles. The van der Waals surface area contributed by atoms with Gasteiger partial charge in [-0.15, -0.1) is 0 Å². The predicted octanol–water partition coefficient (Wildman–Crippen LogP) is 0.467. The van der Waals surface area contributed by atoms with E-state index in [9.17, 15) is 25.9 Å². The summed E-state index contributed by atoms with van der Waals surface area (Å²) in [6.07, 6.45) is 3.54. The van der Waals surface area contributed by atoms with Crippen molar-refractivity contribution >= 4 is 49.5 Å². The molecule has 3 heterocycles. The van der Waals surface area contributed by atoms with Gasteiger partial charge in [-0.05, 0) is 86.6 Å². The number of benzene rings is 2. The van der Waals surface area contributed by atoms with E-state index in [1.807, 2.05) is 55.1 Å². The molecule has 266 valence electrons. The van der Waals surface area contributed by atoms with Gasteiger partial charge in [-0.1, -0.05) is 12.1 Å². The standard InChI is InChI=1S/C19H22N6O6S2.C10H8N2.4H2O.Zn/c1-3-25(4-2)19-23-17(20-13-5-9-15(10-6-13)32(26,27)28)22-18(24-19)21-14-7-11-16(12-8-14)33(29,30)31;1-3-7-11-9(5-1)10-6-2-4-8-12-10;;;;;/h5-12H,3-4H2,1-2H3,(H,26,27,28)(H,29,30,31)(H2,20,21,22,23,24);1-8H;4*1H2;/q;;;;;;+2/p+2. The van der Waals surface area contributed by atoms with Crippen molar-refractivity contribution in [2.45, 2.75) is 23.6 Å². The fraction of sp³-hybridized carbons (Fsp3) is 0.138. The molecule has 0 aliphatic carbocycles. The summed E-state index contributed by atoms with van der Waals surface area (Å²) in [4.78, 5) is 22.6. The largest absolute Gasteiger partial charge is 2.00 e. The van der Waals surface area contributed by atoms with Crippen LogP contribution in [0.25, 0.3) is 11.4 Å². The molecule has 5 aromatic rings. The molecule has 0 radical (unpaired) electrons. The van der Waals surface area contributed by atoms with Crippen molar-refractivity contribution in [3.05, 3.63) is 97.3 Å². The molecule has 0 spiro atoms. The minimum atomic E-state index is -4.56. The molecule has 21 heteroatoms. The summed E-state index contributed by atoms with van der Waals surface area (Å²) in [6.45, 7) is 5.09. The minimum absolute atomic E-state index is 0. The smallest absolute Gasteiger partial charge is 0.744 e. The van der Waals surface area contributed by atoms with Crippen LogP contribution in [0.15, 0.2) is 107 Å². The Morgan fingerprint density at radius 1 is 0.580 bits per heavy atom. The number of aromatic nitrogens is 5. The molecular formula is C29H40N8O10S2Zn+4. The maximum absolute atomic E-state index is 11.1. The monoisotopic (exact) mass is 788 g/mol. The normalized spacial score (nSPS) is 10.1. The van der Waals surface area contributed by atoms with Crippen LogP contribution in [-0.4, -0.2) is 64.0 Å². The number of pyridine rings is 2. The van der Waals surface area contributed by atoms with Crippen molar-refractivity contribution < 1.29 is 67.3 Å². The molecule has 0 bridgehead atoms. The average molecular weight is 790 g/mol. The second-order valence-corrected chi connectivity index (χ2v) is 11.9. The van der Waals surface area contributed by atoms with Crippen molar-refractivity contribution in [2.24, 2.45) is 0 Å². The summed E-state index contributed by atoms with van der Waals surface area (Å²) in [7, 11) is -9.13. The Morgan fingerprint density at radius 3 is 1.22 bits per heavy atom. The Bertz CT molecular complexity index is 1790. The van der Waals surface area contributed by atoms with Crippen molar-refractivity contribution in [1.82, 2.24) is 24.9 Å². The number of anilines is 5. The first-order chi connectivity index (χ1) is 21.5. The molecule has 0 fully saturated rings. The summed E-state index contributed by atoms with van der Waals surface area (Å²) >= 11 is 0. The van der Waals surface area contributed by atoms with E-state index in [1.54, 1.807) is 12.4 Å². The van der Waals surface area contributed by atoms with Crippen molar-refractivity contribution in [2.75, 3.05) is 28.6 Å². The molecule has 0 unspecified atom stereocenters. The molecule has 0 saturated carbocycles. The van der Waals surface area contributed by atoms with Gasteiger partial charge in [0, 0.05) is 36.9 Å². The molecule has 0 amide bonds. The molecule has 2 aromatic carbocycles. The third-order valence-electron chi connectivity index (χ3n) is 6.06. The maximum atomic E-state index is 11.1. The fourth-order valence-electron chi connectivity index (χ4n) is 3.82. The van der Waals surface area contributed by atoms with Crippen LogP contribution in [-0.2, 0) is 61.6 Å². The van der Waals surface area contributed by atoms with E-state index in [0.717, 1.165) is 11.4 Å². The third kappa shape index (κ3) is 13.7. The van der Waals surface area contributed by atoms with Crippen LogP contribution in [0, 0.1) is 0 Å². The topological polar surface area (TPSA) is 338 Å². The van der Waals surface area contributed by atoms with Gasteiger partial charge in [0.2, 0.25) is 17.8 Å². The Kier molecular flexibility index (Phi) is 20.5. The van der Waals surface area contributed by atoms with Gasteiger partial charge in [0.15, 0.2) is 0 Å². The Balaban J connectivity index is 0. The van der Waals surface area contributed by atoms with Gasteiger partial charge in [-0.2, -0.15) is 15.0 Å². The zero-order chi connectivity index (χ0) is 32.5. The van der Waals surface area contributed by atoms with Gasteiger partial charge in [0.1, 0.15) is 20.2 Å². The SMILES string of the molecule is CCN(CC)c1nc(Nc2ccc(S(=O)(=O)[O-])cc2)nc(Nc2ccc(S(=O)(=O)[O-])cc2)n1.[OH3+].[OH3+].[OH3+].[OH3+].[Zn+2].c1ccc(-c2ccccn2)nc1. The zero-order valence-electron chi connectivity index (χ0n) is 27.1. The van der Waals surface area contributed by atoms with Crippen LogP contribution >= 0.6 is 0 Å². The Morgan fingerprint density at radius 2 is 0.940 bits per heavy atom. The van der Waals surface area contributed by atoms with Crippen molar-refractivity contribution in [3.8, 4) is 11.4 Å². The van der Waals surface area contributed by atoms with Gasteiger partial charge in [-0.25, -0.2) is 16.8 Å². The maximum Gasteiger partial charge on any atom is 2.00 e. The second-order valence-electron chi connectivity index (χ2n) is 9.09. The van der Waals surface area contributed by atoms with Gasteiger partial charge < -0.3 is 46.5 Å². The first-order valence-electron chi connectivity index (χ1n) is 13.5. The Labute approximate surface area is 301 Å². The van der Waals surface area contributed by atoms with Crippen molar-refractivity contribution in [1.29, 1.82) is 0 Å². The van der Waals surface area contributed by atoms with Gasteiger partial charge in [-0.3, -0.25) is 9.97 Å². The van der Waals surface area contributed by atoms with E-state index in [4.69, 9.17) is 0 Å². The fourth-order valence-corrected chi connectivity index (χ4v) is 4.76. The zero-order valence-corrected chi connectivity index (χ0v) is 31.7. The second kappa shape index (κ2) is 21.5. The summed E-state index contributed by atoms with van der Waals surface area (Å²) in [5, 5.41) is 5.87. The molecule has 14 N–H and O–H groups in total. The van der Waals surface area contributed by atoms with E-state index in [-0.39, 0.29) is 63.1 Å². The average Bonchev–Trinajstić information content (AvgIpc) is 3.02. The number of nitrogens with one attached hydrogen (secondary N) is 2. The van der Waals surface area contributed by atoms with Crippen molar-refractivity contribution in [3.63, 3.8) is 0 Å². The molecular weight excluding hydrogens is 750 g/mol. The van der Waals surface area contributed by atoms with E-state index < -0.39 is 20.2 Å². The Hall–Kier alpha value is -4.57. The van der Waals surface area contributed by atoms with E-state index >= 15 is 0 Å². The van der Waals surface area contributed by atoms with Crippen LogP contribution in [0.5, 0.6) is 0 Å². The van der Waals surface area contributed by atoms with E-state index in [0.29, 0.717) is 30.4 Å². The number of rotatable bonds is 10. The van der Waals surface area contributed by atoms with Crippen LogP contribution in [0.4, 0.5) is 29.2 Å². The first-order valence-corrected chi connectivity index (χ1v) is 16.3. The summed E-state index contributed by atoms with van der Waals surface area (Å²) in [5.74, 6) is 0.647. The van der Waals surface area contributed by atoms with Crippen LogP contribution in [0.1, 0.15) is 13.8 Å². The first kappa shape index (κ1) is 47.5. The summed E-state index contributed by atoms with van der Waals surface area (Å²) in [6, 6.07) is 21.9. The quantitative estimate of drug-likeness (QED) is 0.110. The number of hydrogen-bond acceptors (Lipinski definition) is 14. The van der Waals surface area contributed by atoms with Gasteiger partial charge >= 0.3 is 19.5 Å². The summed E-state index contributed by atoms with van der Waals surface area (Å²) < 4.78 is 66.7. The molecule has 3 aromatic heterocycles. The van der Waals surface area contributed by atoms with E-state index in [2.05, 4.69) is 35.6 Å².